The molecule has 8 nitrogen and oxygen atoms in total. The fraction of sp³-hybridized carbons (Fsp3) is 0.440. The van der Waals surface area contributed by atoms with E-state index in [-0.39, 0.29) is 25.0 Å². The molecule has 0 bridgehead atoms. The third kappa shape index (κ3) is 8.49. The summed E-state index contributed by atoms with van der Waals surface area (Å²) in [5.74, 6) is 0.0861. The first-order valence-corrected chi connectivity index (χ1v) is 11.5. The first kappa shape index (κ1) is 24.7. The van der Waals surface area contributed by atoms with E-state index in [1.54, 1.807) is 24.3 Å². The van der Waals surface area contributed by atoms with Crippen molar-refractivity contribution in [3.8, 4) is 5.75 Å². The van der Waals surface area contributed by atoms with Gasteiger partial charge in [0.25, 0.3) is 11.8 Å². The molecule has 0 aliphatic carbocycles. The van der Waals surface area contributed by atoms with Gasteiger partial charge in [-0.1, -0.05) is 30.3 Å². The normalized spacial score (nSPS) is 13.2. The standard InChI is InChI=1S/C25H34N4O4/c30-16-13-26-11-12-28-25(32)21-7-3-8-23(17-21)33-19-24(31)27-10-4-14-29-15-9-20-5-1-2-6-22(20)18-29/h1-3,5-8,17,26,30H,4,9-16,18-19H2,(H,27,31)(H,28,32). The van der Waals surface area contributed by atoms with Gasteiger partial charge in [-0.25, -0.2) is 0 Å². The molecule has 0 fully saturated rings. The first-order valence-electron chi connectivity index (χ1n) is 11.5. The number of hydrogen-bond donors (Lipinski definition) is 4. The molecule has 1 heterocycles. The van der Waals surface area contributed by atoms with Crippen molar-refractivity contribution in [2.24, 2.45) is 0 Å². The Morgan fingerprint density at radius 2 is 1.82 bits per heavy atom. The molecule has 0 atom stereocenters. The average molecular weight is 455 g/mol. The predicted octanol–water partition coefficient (Wildman–Crippen LogP) is 0.942. The summed E-state index contributed by atoms with van der Waals surface area (Å²) in [6, 6.07) is 15.3. The second-order valence-electron chi connectivity index (χ2n) is 8.04. The Kier molecular flexibility index (Phi) is 10.2. The van der Waals surface area contributed by atoms with E-state index in [9.17, 15) is 9.59 Å². The molecule has 1 aliphatic rings. The van der Waals surface area contributed by atoms with Crippen LogP contribution in [-0.4, -0.2) is 74.3 Å². The van der Waals surface area contributed by atoms with Gasteiger partial charge in [-0.2, -0.15) is 0 Å². The summed E-state index contributed by atoms with van der Waals surface area (Å²) in [4.78, 5) is 26.8. The highest BCUT2D eigenvalue weighted by Gasteiger charge is 2.15. The summed E-state index contributed by atoms with van der Waals surface area (Å²) >= 11 is 0. The predicted molar refractivity (Wildman–Crippen MR) is 127 cm³/mol. The molecule has 33 heavy (non-hydrogen) atoms. The molecule has 2 aromatic rings. The van der Waals surface area contributed by atoms with Crippen LogP contribution >= 0.6 is 0 Å². The van der Waals surface area contributed by atoms with Crippen LogP contribution in [0.2, 0.25) is 0 Å². The van der Waals surface area contributed by atoms with E-state index in [4.69, 9.17) is 9.84 Å². The molecular weight excluding hydrogens is 420 g/mol. The van der Waals surface area contributed by atoms with Crippen LogP contribution in [0.15, 0.2) is 48.5 Å². The van der Waals surface area contributed by atoms with E-state index >= 15 is 0 Å². The van der Waals surface area contributed by atoms with Gasteiger partial charge in [0, 0.05) is 51.4 Å². The van der Waals surface area contributed by atoms with Crippen molar-refractivity contribution in [1.82, 2.24) is 20.9 Å². The van der Waals surface area contributed by atoms with Crippen molar-refractivity contribution in [3.05, 3.63) is 65.2 Å². The number of carbonyl (C=O) groups is 2. The molecule has 8 heteroatoms. The second kappa shape index (κ2) is 13.6. The minimum atomic E-state index is -0.212. The molecule has 0 aromatic heterocycles. The number of rotatable bonds is 13. The summed E-state index contributed by atoms with van der Waals surface area (Å²) in [5.41, 5.74) is 3.31. The summed E-state index contributed by atoms with van der Waals surface area (Å²) in [6.45, 7) is 5.07. The maximum atomic E-state index is 12.2. The molecule has 2 aromatic carbocycles. The average Bonchev–Trinajstić information content (AvgIpc) is 2.85. The molecule has 0 saturated carbocycles. The summed E-state index contributed by atoms with van der Waals surface area (Å²) < 4.78 is 5.56. The van der Waals surface area contributed by atoms with E-state index in [2.05, 4.69) is 45.1 Å². The zero-order chi connectivity index (χ0) is 23.3. The topological polar surface area (TPSA) is 103 Å². The van der Waals surface area contributed by atoms with Crippen molar-refractivity contribution in [2.45, 2.75) is 19.4 Å². The van der Waals surface area contributed by atoms with E-state index in [1.807, 2.05) is 0 Å². The number of aliphatic hydroxyl groups excluding tert-OH is 1. The Labute approximate surface area is 195 Å². The van der Waals surface area contributed by atoms with E-state index in [1.165, 1.54) is 11.1 Å². The lowest BCUT2D eigenvalue weighted by atomic mass is 10.00. The van der Waals surface area contributed by atoms with Crippen LogP contribution < -0.4 is 20.7 Å². The number of nitrogens with one attached hydrogen (secondary N) is 3. The number of ether oxygens (including phenoxy) is 1. The fourth-order valence-electron chi connectivity index (χ4n) is 3.77. The Bertz CT molecular complexity index is 905. The molecule has 0 spiro atoms. The van der Waals surface area contributed by atoms with Crippen molar-refractivity contribution in [3.63, 3.8) is 0 Å². The largest absolute Gasteiger partial charge is 0.484 e. The molecule has 1 aliphatic heterocycles. The second-order valence-corrected chi connectivity index (χ2v) is 8.04. The Hall–Kier alpha value is -2.94. The number of amides is 2. The Morgan fingerprint density at radius 1 is 0.970 bits per heavy atom. The SMILES string of the molecule is O=C(COc1cccc(C(=O)NCCNCCO)c1)NCCCN1CCc2ccccc2C1. The van der Waals surface area contributed by atoms with Gasteiger partial charge in [0.15, 0.2) is 6.61 Å². The quantitative estimate of drug-likeness (QED) is 0.336. The maximum Gasteiger partial charge on any atom is 0.257 e. The van der Waals surface area contributed by atoms with Gasteiger partial charge in [-0.3, -0.25) is 14.5 Å². The van der Waals surface area contributed by atoms with Crippen LogP contribution in [0.25, 0.3) is 0 Å². The van der Waals surface area contributed by atoms with Gasteiger partial charge in [-0.05, 0) is 42.2 Å². The summed E-state index contributed by atoms with van der Waals surface area (Å²) in [6.07, 6.45) is 1.96. The van der Waals surface area contributed by atoms with Crippen molar-refractivity contribution < 1.29 is 19.4 Å². The maximum absolute atomic E-state index is 12.2. The molecule has 0 saturated heterocycles. The van der Waals surface area contributed by atoms with Gasteiger partial charge in [0.2, 0.25) is 0 Å². The lowest BCUT2D eigenvalue weighted by Crippen LogP contribution is -2.35. The number of hydrogen-bond acceptors (Lipinski definition) is 6. The Balaban J connectivity index is 1.30. The first-order chi connectivity index (χ1) is 16.2. The molecular formula is C25H34N4O4. The number of aliphatic hydroxyl groups is 1. The molecule has 178 valence electrons. The smallest absolute Gasteiger partial charge is 0.257 e. The van der Waals surface area contributed by atoms with Crippen molar-refractivity contribution in [2.75, 3.05) is 52.5 Å². The molecule has 0 radical (unpaired) electrons. The number of fused-ring (bicyclic) bond motifs is 1. The summed E-state index contributed by atoms with van der Waals surface area (Å²) in [7, 11) is 0. The van der Waals surface area contributed by atoms with Crippen molar-refractivity contribution in [1.29, 1.82) is 0 Å². The highest BCUT2D eigenvalue weighted by molar-refractivity contribution is 5.94. The van der Waals surface area contributed by atoms with E-state index in [0.29, 0.717) is 37.5 Å². The minimum absolute atomic E-state index is 0.0639. The van der Waals surface area contributed by atoms with Crippen molar-refractivity contribution >= 4 is 11.8 Å². The van der Waals surface area contributed by atoms with E-state index in [0.717, 1.165) is 32.5 Å². The highest BCUT2D eigenvalue weighted by Crippen LogP contribution is 2.18. The lowest BCUT2D eigenvalue weighted by Gasteiger charge is -2.28. The van der Waals surface area contributed by atoms with Crippen LogP contribution in [-0.2, 0) is 17.8 Å². The van der Waals surface area contributed by atoms with E-state index < -0.39 is 0 Å². The molecule has 0 unspecified atom stereocenters. The number of nitrogens with zero attached hydrogens (tertiary/aromatic N) is 1. The molecule has 4 N–H and O–H groups in total. The molecule has 3 rings (SSSR count). The third-order valence-corrected chi connectivity index (χ3v) is 5.53. The van der Waals surface area contributed by atoms with Crippen LogP contribution in [0, 0.1) is 0 Å². The highest BCUT2D eigenvalue weighted by atomic mass is 16.5. The Morgan fingerprint density at radius 3 is 2.67 bits per heavy atom. The molecule has 2 amide bonds. The van der Waals surface area contributed by atoms with Gasteiger partial charge < -0.3 is 25.8 Å². The van der Waals surface area contributed by atoms with Crippen LogP contribution in [0.3, 0.4) is 0 Å². The van der Waals surface area contributed by atoms with Crippen LogP contribution in [0.1, 0.15) is 27.9 Å². The zero-order valence-corrected chi connectivity index (χ0v) is 19.0. The third-order valence-electron chi connectivity index (χ3n) is 5.53. The minimum Gasteiger partial charge on any atom is -0.484 e. The van der Waals surface area contributed by atoms with Crippen LogP contribution in [0.4, 0.5) is 0 Å². The number of carbonyl (C=O) groups excluding carboxylic acids is 2. The zero-order valence-electron chi connectivity index (χ0n) is 19.0. The van der Waals surface area contributed by atoms with Gasteiger partial charge in [0.05, 0.1) is 6.61 Å². The number of benzene rings is 2. The van der Waals surface area contributed by atoms with Gasteiger partial charge in [-0.15, -0.1) is 0 Å². The fourth-order valence-corrected chi connectivity index (χ4v) is 3.77. The monoisotopic (exact) mass is 454 g/mol. The van der Waals surface area contributed by atoms with Gasteiger partial charge in [0.1, 0.15) is 5.75 Å². The summed E-state index contributed by atoms with van der Waals surface area (Å²) in [5, 5.41) is 17.4. The lowest BCUT2D eigenvalue weighted by molar-refractivity contribution is -0.123. The van der Waals surface area contributed by atoms with Gasteiger partial charge >= 0.3 is 0 Å². The van der Waals surface area contributed by atoms with Crippen LogP contribution in [0.5, 0.6) is 5.75 Å².